The van der Waals surface area contributed by atoms with Gasteiger partial charge in [-0.25, -0.2) is 0 Å². The number of ether oxygens (including phenoxy) is 1. The number of pyridine rings is 1. The molecule has 0 unspecified atom stereocenters. The summed E-state index contributed by atoms with van der Waals surface area (Å²) in [4.78, 5) is 15.4. The molecule has 0 aliphatic heterocycles. The van der Waals surface area contributed by atoms with Gasteiger partial charge in [0.1, 0.15) is 0 Å². The van der Waals surface area contributed by atoms with Crippen molar-refractivity contribution in [2.24, 2.45) is 0 Å². The molecule has 1 rings (SSSR count). The third-order valence-electron chi connectivity index (χ3n) is 2.45. The molecule has 0 aromatic carbocycles. The highest BCUT2D eigenvalue weighted by Gasteiger charge is 2.01. The van der Waals surface area contributed by atoms with Crippen LogP contribution in [0.2, 0.25) is 0 Å². The van der Waals surface area contributed by atoms with E-state index in [1.165, 1.54) is 5.56 Å². The minimum Gasteiger partial charge on any atom is -0.466 e. The lowest BCUT2D eigenvalue weighted by Gasteiger charge is -2.06. The highest BCUT2D eigenvalue weighted by Crippen LogP contribution is 2.02. The molecule has 0 saturated carbocycles. The number of aryl methyl sites for hydroxylation is 1. The molecule has 0 amide bonds. The van der Waals surface area contributed by atoms with Crippen molar-refractivity contribution in [3.05, 3.63) is 29.6 Å². The lowest BCUT2D eigenvalue weighted by molar-refractivity contribution is -0.143. The van der Waals surface area contributed by atoms with E-state index in [2.05, 4.69) is 10.3 Å². The first kappa shape index (κ1) is 13.6. The number of hydrogen-bond acceptors (Lipinski definition) is 4. The van der Waals surface area contributed by atoms with Gasteiger partial charge in [-0.2, -0.15) is 0 Å². The van der Waals surface area contributed by atoms with Gasteiger partial charge in [0.2, 0.25) is 0 Å². The zero-order valence-electron chi connectivity index (χ0n) is 10.5. The summed E-state index contributed by atoms with van der Waals surface area (Å²) in [5.41, 5.74) is 2.24. The van der Waals surface area contributed by atoms with E-state index in [1.54, 1.807) is 6.20 Å². The number of esters is 1. The Labute approximate surface area is 102 Å². The monoisotopic (exact) mass is 236 g/mol. The summed E-state index contributed by atoms with van der Waals surface area (Å²) in [6.07, 6.45) is 3.06. The van der Waals surface area contributed by atoms with Gasteiger partial charge in [-0.05, 0) is 38.4 Å². The molecule has 1 N–H and O–H groups in total. The zero-order chi connectivity index (χ0) is 12.5. The van der Waals surface area contributed by atoms with Gasteiger partial charge >= 0.3 is 5.97 Å². The van der Waals surface area contributed by atoms with E-state index in [0.29, 0.717) is 13.0 Å². The van der Waals surface area contributed by atoms with Gasteiger partial charge in [-0.3, -0.25) is 9.78 Å². The van der Waals surface area contributed by atoms with Crippen molar-refractivity contribution in [2.45, 2.75) is 33.2 Å². The summed E-state index contributed by atoms with van der Waals surface area (Å²) in [6.45, 7) is 5.87. The highest BCUT2D eigenvalue weighted by molar-refractivity contribution is 5.69. The summed E-state index contributed by atoms with van der Waals surface area (Å²) in [5.74, 6) is -0.122. The second-order valence-electron chi connectivity index (χ2n) is 3.85. The van der Waals surface area contributed by atoms with Gasteiger partial charge in [0.15, 0.2) is 0 Å². The van der Waals surface area contributed by atoms with Gasteiger partial charge in [0.25, 0.3) is 0 Å². The number of carbonyl (C=O) groups excluding carboxylic acids is 1. The van der Waals surface area contributed by atoms with Crippen LogP contribution < -0.4 is 5.32 Å². The second kappa shape index (κ2) is 7.79. The minimum absolute atomic E-state index is 0.122. The van der Waals surface area contributed by atoms with Crippen molar-refractivity contribution >= 4 is 5.97 Å². The van der Waals surface area contributed by atoms with E-state index in [4.69, 9.17) is 4.74 Å². The van der Waals surface area contributed by atoms with Crippen molar-refractivity contribution in [1.82, 2.24) is 10.3 Å². The van der Waals surface area contributed by atoms with Crippen LogP contribution in [0.3, 0.4) is 0 Å². The molecular weight excluding hydrogens is 216 g/mol. The zero-order valence-corrected chi connectivity index (χ0v) is 10.5. The van der Waals surface area contributed by atoms with Crippen molar-refractivity contribution < 1.29 is 9.53 Å². The van der Waals surface area contributed by atoms with Crippen LogP contribution >= 0.6 is 0 Å². The van der Waals surface area contributed by atoms with Crippen molar-refractivity contribution in [3.8, 4) is 0 Å². The first-order valence-electron chi connectivity index (χ1n) is 6.01. The molecule has 0 bridgehead atoms. The Bertz CT molecular complexity index is 353. The molecule has 94 valence electrons. The predicted molar refractivity (Wildman–Crippen MR) is 66.5 cm³/mol. The largest absolute Gasteiger partial charge is 0.466 e. The van der Waals surface area contributed by atoms with Crippen LogP contribution in [0.1, 0.15) is 31.0 Å². The SMILES string of the molecule is CCOC(=O)CCCNCc1ncccc1C. The Hall–Kier alpha value is -1.42. The van der Waals surface area contributed by atoms with E-state index >= 15 is 0 Å². The molecule has 0 atom stereocenters. The van der Waals surface area contributed by atoms with Crippen LogP contribution in [0, 0.1) is 6.92 Å². The third-order valence-corrected chi connectivity index (χ3v) is 2.45. The standard InChI is InChI=1S/C13H20N2O2/c1-3-17-13(16)7-5-8-14-10-12-11(2)6-4-9-15-12/h4,6,9,14H,3,5,7-8,10H2,1-2H3. The maximum atomic E-state index is 11.1. The molecule has 0 spiro atoms. The first-order chi connectivity index (χ1) is 8.24. The van der Waals surface area contributed by atoms with Crippen LogP contribution in [-0.4, -0.2) is 24.1 Å². The number of hydrogen-bond donors (Lipinski definition) is 1. The Morgan fingerprint density at radius 2 is 2.35 bits per heavy atom. The molecule has 17 heavy (non-hydrogen) atoms. The minimum atomic E-state index is -0.122. The average Bonchev–Trinajstić information content (AvgIpc) is 2.31. The molecule has 0 radical (unpaired) electrons. The molecule has 0 aliphatic carbocycles. The maximum Gasteiger partial charge on any atom is 0.305 e. The summed E-state index contributed by atoms with van der Waals surface area (Å²) in [5, 5.41) is 3.27. The number of nitrogens with one attached hydrogen (secondary N) is 1. The van der Waals surface area contributed by atoms with E-state index in [1.807, 2.05) is 26.0 Å². The maximum absolute atomic E-state index is 11.1. The molecule has 4 heteroatoms. The lowest BCUT2D eigenvalue weighted by Crippen LogP contribution is -2.17. The van der Waals surface area contributed by atoms with Crippen molar-refractivity contribution in [3.63, 3.8) is 0 Å². The quantitative estimate of drug-likeness (QED) is 0.579. The van der Waals surface area contributed by atoms with Gasteiger partial charge in [-0.15, -0.1) is 0 Å². The Morgan fingerprint density at radius 1 is 1.53 bits per heavy atom. The van der Waals surface area contributed by atoms with E-state index in [-0.39, 0.29) is 5.97 Å². The van der Waals surface area contributed by atoms with Crippen molar-refractivity contribution in [1.29, 1.82) is 0 Å². The number of rotatable bonds is 7. The van der Waals surface area contributed by atoms with Crippen LogP contribution in [0.5, 0.6) is 0 Å². The molecule has 0 aliphatic rings. The van der Waals surface area contributed by atoms with Crippen molar-refractivity contribution in [2.75, 3.05) is 13.2 Å². The molecule has 0 saturated heterocycles. The Balaban J connectivity index is 2.13. The average molecular weight is 236 g/mol. The first-order valence-corrected chi connectivity index (χ1v) is 6.01. The summed E-state index contributed by atoms with van der Waals surface area (Å²) in [6, 6.07) is 3.97. The van der Waals surface area contributed by atoms with Gasteiger partial charge in [0.05, 0.1) is 12.3 Å². The molecule has 1 aromatic rings. The van der Waals surface area contributed by atoms with E-state index in [0.717, 1.165) is 25.2 Å². The number of aromatic nitrogens is 1. The number of nitrogens with zero attached hydrogens (tertiary/aromatic N) is 1. The fourth-order valence-electron chi connectivity index (χ4n) is 1.50. The van der Waals surface area contributed by atoms with E-state index < -0.39 is 0 Å². The summed E-state index contributed by atoms with van der Waals surface area (Å²) < 4.78 is 4.85. The molecule has 1 aromatic heterocycles. The molecule has 0 fully saturated rings. The summed E-state index contributed by atoms with van der Waals surface area (Å²) in [7, 11) is 0. The van der Waals surface area contributed by atoms with Crippen LogP contribution in [0.25, 0.3) is 0 Å². The van der Waals surface area contributed by atoms with E-state index in [9.17, 15) is 4.79 Å². The van der Waals surface area contributed by atoms with Crippen LogP contribution in [0.15, 0.2) is 18.3 Å². The van der Waals surface area contributed by atoms with Gasteiger partial charge in [0, 0.05) is 19.2 Å². The van der Waals surface area contributed by atoms with Crippen LogP contribution in [0.4, 0.5) is 0 Å². The fraction of sp³-hybridized carbons (Fsp3) is 0.538. The molecule has 4 nitrogen and oxygen atoms in total. The normalized spacial score (nSPS) is 10.2. The van der Waals surface area contributed by atoms with Gasteiger partial charge < -0.3 is 10.1 Å². The Morgan fingerprint density at radius 3 is 3.06 bits per heavy atom. The molecule has 1 heterocycles. The second-order valence-corrected chi connectivity index (χ2v) is 3.85. The lowest BCUT2D eigenvalue weighted by atomic mass is 10.2. The topological polar surface area (TPSA) is 51.2 Å². The smallest absolute Gasteiger partial charge is 0.305 e. The third kappa shape index (κ3) is 5.45. The summed E-state index contributed by atoms with van der Waals surface area (Å²) >= 11 is 0. The highest BCUT2D eigenvalue weighted by atomic mass is 16.5. The molecular formula is C13H20N2O2. The predicted octanol–water partition coefficient (Wildman–Crippen LogP) is 1.82. The Kier molecular flexibility index (Phi) is 6.25. The van der Waals surface area contributed by atoms with Gasteiger partial charge in [-0.1, -0.05) is 6.07 Å². The number of carbonyl (C=O) groups is 1. The van der Waals surface area contributed by atoms with Crippen LogP contribution in [-0.2, 0) is 16.1 Å². The fourth-order valence-corrected chi connectivity index (χ4v) is 1.50.